The van der Waals surface area contributed by atoms with Gasteiger partial charge in [-0.25, -0.2) is 4.68 Å². The Hall–Kier alpha value is -2.57. The van der Waals surface area contributed by atoms with E-state index in [1.54, 1.807) is 17.0 Å². The Labute approximate surface area is 172 Å². The Morgan fingerprint density at radius 1 is 1.18 bits per heavy atom. The first-order valence-corrected chi connectivity index (χ1v) is 9.67. The molecular formula is C20H18Cl2N4O2. The topological polar surface area (TPSA) is 60.2 Å². The summed E-state index contributed by atoms with van der Waals surface area (Å²) in [5.41, 5.74) is 2.51. The lowest BCUT2D eigenvalue weighted by atomic mass is 10.1. The van der Waals surface area contributed by atoms with Crippen LogP contribution in [0.15, 0.2) is 48.7 Å². The second-order valence-corrected chi connectivity index (χ2v) is 7.47. The lowest BCUT2D eigenvalue weighted by Gasteiger charge is -2.11. The molecule has 0 unspecified atom stereocenters. The van der Waals surface area contributed by atoms with Crippen molar-refractivity contribution in [2.75, 3.05) is 13.1 Å². The molecule has 2 aromatic carbocycles. The van der Waals surface area contributed by atoms with Crippen LogP contribution in [0.4, 0.5) is 0 Å². The zero-order valence-corrected chi connectivity index (χ0v) is 16.5. The zero-order chi connectivity index (χ0) is 19.5. The average Bonchev–Trinajstić information content (AvgIpc) is 3.38. The molecule has 2 heterocycles. The summed E-state index contributed by atoms with van der Waals surface area (Å²) in [6, 6.07) is 13.3. The quantitative estimate of drug-likeness (QED) is 0.563. The smallest absolute Gasteiger partial charge is 0.209 e. The van der Waals surface area contributed by atoms with Gasteiger partial charge in [0.1, 0.15) is 18.1 Å². The number of amides is 1. The second-order valence-electron chi connectivity index (χ2n) is 6.66. The Morgan fingerprint density at radius 3 is 2.82 bits per heavy atom. The standard InChI is InChI=1S/C20H18Cl2N4O2/c21-17-6-5-14(9-18(17)22)12-28-20-4-2-1-3-16(20)19-11-26(24-23-19)15-7-8-25(10-15)13-27/h1-6,9,11,13,15H,7-8,10,12H2/t15-/m0/s1. The molecule has 1 atom stereocenters. The van der Waals surface area contributed by atoms with Gasteiger partial charge in [-0.3, -0.25) is 4.79 Å². The molecule has 8 heteroatoms. The molecule has 1 fully saturated rings. The normalized spacial score (nSPS) is 16.4. The number of nitrogens with zero attached hydrogens (tertiary/aromatic N) is 4. The highest BCUT2D eigenvalue weighted by Crippen LogP contribution is 2.31. The molecule has 1 aliphatic heterocycles. The number of benzene rings is 2. The molecule has 1 saturated heterocycles. The molecule has 6 nitrogen and oxygen atoms in total. The molecule has 1 aromatic heterocycles. The van der Waals surface area contributed by atoms with Crippen molar-refractivity contribution in [2.24, 2.45) is 0 Å². The number of halogens is 2. The molecule has 0 radical (unpaired) electrons. The number of para-hydroxylation sites is 1. The molecular weight excluding hydrogens is 399 g/mol. The van der Waals surface area contributed by atoms with Gasteiger partial charge in [-0.15, -0.1) is 5.10 Å². The summed E-state index contributed by atoms with van der Waals surface area (Å²) in [5, 5.41) is 9.59. The van der Waals surface area contributed by atoms with Gasteiger partial charge in [0.2, 0.25) is 6.41 Å². The summed E-state index contributed by atoms with van der Waals surface area (Å²) in [6.07, 6.45) is 3.65. The average molecular weight is 417 g/mol. The van der Waals surface area contributed by atoms with E-state index in [2.05, 4.69) is 10.3 Å². The third kappa shape index (κ3) is 3.98. The van der Waals surface area contributed by atoms with E-state index in [1.165, 1.54) is 0 Å². The number of hydrogen-bond donors (Lipinski definition) is 0. The van der Waals surface area contributed by atoms with Gasteiger partial charge in [-0.1, -0.05) is 46.6 Å². The van der Waals surface area contributed by atoms with Crippen LogP contribution in [0.3, 0.4) is 0 Å². The van der Waals surface area contributed by atoms with E-state index in [4.69, 9.17) is 27.9 Å². The highest BCUT2D eigenvalue weighted by atomic mass is 35.5. The molecule has 0 N–H and O–H groups in total. The van der Waals surface area contributed by atoms with Gasteiger partial charge in [0.25, 0.3) is 0 Å². The third-order valence-electron chi connectivity index (χ3n) is 4.77. The molecule has 4 rings (SSSR count). The van der Waals surface area contributed by atoms with Crippen molar-refractivity contribution in [1.29, 1.82) is 0 Å². The van der Waals surface area contributed by atoms with Gasteiger partial charge in [0, 0.05) is 18.7 Å². The number of hydrogen-bond acceptors (Lipinski definition) is 4. The first kappa shape index (κ1) is 18.8. The lowest BCUT2D eigenvalue weighted by Crippen LogP contribution is -2.19. The van der Waals surface area contributed by atoms with E-state index in [9.17, 15) is 4.79 Å². The van der Waals surface area contributed by atoms with Crippen molar-refractivity contribution < 1.29 is 9.53 Å². The van der Waals surface area contributed by atoms with Crippen LogP contribution in [0.5, 0.6) is 5.75 Å². The third-order valence-corrected chi connectivity index (χ3v) is 5.51. The van der Waals surface area contributed by atoms with Crippen molar-refractivity contribution in [3.63, 3.8) is 0 Å². The number of carbonyl (C=O) groups is 1. The monoisotopic (exact) mass is 416 g/mol. The summed E-state index contributed by atoms with van der Waals surface area (Å²) in [7, 11) is 0. The van der Waals surface area contributed by atoms with Crippen molar-refractivity contribution in [2.45, 2.75) is 19.1 Å². The van der Waals surface area contributed by atoms with E-state index in [1.807, 2.05) is 41.2 Å². The van der Waals surface area contributed by atoms with Gasteiger partial charge in [-0.05, 0) is 36.2 Å². The van der Waals surface area contributed by atoms with Crippen LogP contribution in [0.2, 0.25) is 10.0 Å². The Bertz CT molecular complexity index is 992. The van der Waals surface area contributed by atoms with E-state index in [0.717, 1.165) is 36.2 Å². The molecule has 0 spiro atoms. The molecule has 1 amide bonds. The van der Waals surface area contributed by atoms with Crippen LogP contribution in [0, 0.1) is 0 Å². The highest BCUT2D eigenvalue weighted by molar-refractivity contribution is 6.42. The van der Waals surface area contributed by atoms with Gasteiger partial charge in [-0.2, -0.15) is 0 Å². The van der Waals surface area contributed by atoms with Crippen LogP contribution in [0.25, 0.3) is 11.3 Å². The highest BCUT2D eigenvalue weighted by Gasteiger charge is 2.24. The van der Waals surface area contributed by atoms with Gasteiger partial charge in [0.05, 0.1) is 22.3 Å². The molecule has 1 aliphatic rings. The van der Waals surface area contributed by atoms with Crippen molar-refractivity contribution in [3.8, 4) is 17.0 Å². The van der Waals surface area contributed by atoms with E-state index >= 15 is 0 Å². The summed E-state index contributed by atoms with van der Waals surface area (Å²) in [6.45, 7) is 1.76. The van der Waals surface area contributed by atoms with E-state index in [-0.39, 0.29) is 6.04 Å². The van der Waals surface area contributed by atoms with Crippen LogP contribution in [-0.4, -0.2) is 39.4 Å². The number of aromatic nitrogens is 3. The lowest BCUT2D eigenvalue weighted by molar-refractivity contribution is -0.117. The minimum Gasteiger partial charge on any atom is -0.488 e. The van der Waals surface area contributed by atoms with Crippen LogP contribution < -0.4 is 4.74 Å². The van der Waals surface area contributed by atoms with Crippen molar-refractivity contribution in [3.05, 3.63) is 64.3 Å². The minimum absolute atomic E-state index is 0.149. The molecule has 0 bridgehead atoms. The fraction of sp³-hybridized carbons (Fsp3) is 0.250. The molecule has 0 saturated carbocycles. The maximum absolute atomic E-state index is 10.9. The fourth-order valence-corrected chi connectivity index (χ4v) is 3.57. The summed E-state index contributed by atoms with van der Waals surface area (Å²) < 4.78 is 7.84. The number of carbonyl (C=O) groups excluding carboxylic acids is 1. The fourth-order valence-electron chi connectivity index (χ4n) is 3.25. The summed E-state index contributed by atoms with van der Waals surface area (Å²) in [5.74, 6) is 0.710. The number of rotatable bonds is 6. The van der Waals surface area contributed by atoms with Crippen LogP contribution >= 0.6 is 23.2 Å². The predicted octanol–water partition coefficient (Wildman–Crippen LogP) is 4.23. The number of ether oxygens (including phenoxy) is 1. The van der Waals surface area contributed by atoms with Crippen molar-refractivity contribution in [1.82, 2.24) is 19.9 Å². The van der Waals surface area contributed by atoms with Gasteiger partial charge >= 0.3 is 0 Å². The van der Waals surface area contributed by atoms with Gasteiger partial charge in [0.15, 0.2) is 0 Å². The SMILES string of the molecule is O=CN1CC[C@H](n2cc(-c3ccccc3OCc3ccc(Cl)c(Cl)c3)nn2)C1. The Balaban J connectivity index is 1.51. The molecule has 28 heavy (non-hydrogen) atoms. The van der Waals surface area contributed by atoms with E-state index < -0.39 is 0 Å². The second kappa shape index (κ2) is 8.20. The van der Waals surface area contributed by atoms with Crippen LogP contribution in [0.1, 0.15) is 18.0 Å². The summed E-state index contributed by atoms with van der Waals surface area (Å²) in [4.78, 5) is 12.7. The first-order chi connectivity index (χ1) is 13.6. The maximum atomic E-state index is 10.9. The molecule has 0 aliphatic carbocycles. The first-order valence-electron chi connectivity index (χ1n) is 8.91. The zero-order valence-electron chi connectivity index (χ0n) is 15.0. The van der Waals surface area contributed by atoms with E-state index in [0.29, 0.717) is 28.9 Å². The Morgan fingerprint density at radius 2 is 2.04 bits per heavy atom. The molecule has 144 valence electrons. The van der Waals surface area contributed by atoms with Crippen molar-refractivity contribution >= 4 is 29.6 Å². The summed E-state index contributed by atoms with van der Waals surface area (Å²) >= 11 is 12.0. The Kier molecular flexibility index (Phi) is 5.50. The number of likely N-dealkylation sites (tertiary alicyclic amines) is 1. The van der Waals surface area contributed by atoms with Crippen LogP contribution in [-0.2, 0) is 11.4 Å². The largest absolute Gasteiger partial charge is 0.488 e. The predicted molar refractivity (Wildman–Crippen MR) is 108 cm³/mol. The maximum Gasteiger partial charge on any atom is 0.209 e. The molecule has 3 aromatic rings. The minimum atomic E-state index is 0.149. The van der Waals surface area contributed by atoms with Gasteiger partial charge < -0.3 is 9.64 Å².